The van der Waals surface area contributed by atoms with Crippen LogP contribution in [-0.4, -0.2) is 11.3 Å². The van der Waals surface area contributed by atoms with Gasteiger partial charge >= 0.3 is 0 Å². The highest BCUT2D eigenvalue weighted by Crippen LogP contribution is 2.27. The Morgan fingerprint density at radius 1 is 1.62 bits per heavy atom. The van der Waals surface area contributed by atoms with Crippen molar-refractivity contribution in [3.63, 3.8) is 0 Å². The number of pyridine rings is 1. The first-order chi connectivity index (χ1) is 6.06. The molecule has 0 saturated carbocycles. The fraction of sp³-hybridized carbons (Fsp3) is 0.143. The number of alkyl halides is 2. The fourth-order valence-corrected chi connectivity index (χ4v) is 1.32. The molecule has 70 valence electrons. The predicted molar refractivity (Wildman–Crippen MR) is 51.7 cm³/mol. The van der Waals surface area contributed by atoms with Crippen LogP contribution >= 0.6 is 22.6 Å². The van der Waals surface area contributed by atoms with Crippen molar-refractivity contribution in [1.29, 1.82) is 0 Å². The highest BCUT2D eigenvalue weighted by atomic mass is 127. The summed E-state index contributed by atoms with van der Waals surface area (Å²) in [5.41, 5.74) is 4.99. The summed E-state index contributed by atoms with van der Waals surface area (Å²) in [6.07, 6.45) is -2.26. The van der Waals surface area contributed by atoms with E-state index in [1.807, 2.05) is 0 Å². The molecule has 0 aromatic carbocycles. The molecule has 1 aromatic heterocycles. The van der Waals surface area contributed by atoms with E-state index in [0.29, 0.717) is 6.29 Å². The summed E-state index contributed by atoms with van der Waals surface area (Å²) in [4.78, 5) is 13.9. The predicted octanol–water partition coefficient (Wildman–Crippen LogP) is 2.02. The third-order valence-corrected chi connectivity index (χ3v) is 2.56. The third-order valence-electron chi connectivity index (χ3n) is 1.39. The van der Waals surface area contributed by atoms with Gasteiger partial charge in [0.25, 0.3) is 6.43 Å². The van der Waals surface area contributed by atoms with Crippen LogP contribution in [0.1, 0.15) is 22.5 Å². The van der Waals surface area contributed by atoms with Crippen LogP contribution in [0.5, 0.6) is 0 Å². The highest BCUT2D eigenvalue weighted by Gasteiger charge is 2.15. The number of hydrogen-bond acceptors (Lipinski definition) is 3. The molecule has 1 aromatic rings. The standard InChI is InChI=1S/C7H5F2IN2O/c8-6(9)4-1-3(2-13)12-7(11)5(4)10/h1-2,6H,(H2,11,12). The second kappa shape index (κ2) is 3.95. The quantitative estimate of drug-likeness (QED) is 0.671. The van der Waals surface area contributed by atoms with Gasteiger partial charge in [-0.15, -0.1) is 0 Å². The van der Waals surface area contributed by atoms with Gasteiger partial charge in [-0.05, 0) is 28.7 Å². The molecule has 0 atom stereocenters. The molecule has 0 bridgehead atoms. The van der Waals surface area contributed by atoms with Crippen molar-refractivity contribution in [2.24, 2.45) is 0 Å². The number of nitrogen functional groups attached to an aromatic ring is 1. The topological polar surface area (TPSA) is 56.0 Å². The number of rotatable bonds is 2. The average Bonchev–Trinajstić information content (AvgIpc) is 2.09. The van der Waals surface area contributed by atoms with Gasteiger partial charge in [0.2, 0.25) is 0 Å². The molecular weight excluding hydrogens is 293 g/mol. The van der Waals surface area contributed by atoms with Crippen LogP contribution in [0, 0.1) is 3.57 Å². The summed E-state index contributed by atoms with van der Waals surface area (Å²) in [6, 6.07) is 1.04. The molecule has 0 saturated heterocycles. The van der Waals surface area contributed by atoms with Gasteiger partial charge in [0.05, 0.1) is 3.57 Å². The lowest BCUT2D eigenvalue weighted by Gasteiger charge is -2.05. The summed E-state index contributed by atoms with van der Waals surface area (Å²) < 4.78 is 24.8. The summed E-state index contributed by atoms with van der Waals surface area (Å²) in [5.74, 6) is -0.0412. The number of anilines is 1. The van der Waals surface area contributed by atoms with Crippen LogP contribution in [0.3, 0.4) is 0 Å². The van der Waals surface area contributed by atoms with E-state index in [9.17, 15) is 13.6 Å². The van der Waals surface area contributed by atoms with E-state index in [4.69, 9.17) is 5.73 Å². The Kier molecular flexibility index (Phi) is 3.12. The Hall–Kier alpha value is -0.790. The Balaban J connectivity index is 3.32. The summed E-state index contributed by atoms with van der Waals surface area (Å²) in [6.45, 7) is 0. The minimum Gasteiger partial charge on any atom is -0.383 e. The molecular formula is C7H5F2IN2O. The van der Waals surface area contributed by atoms with Gasteiger partial charge in [-0.25, -0.2) is 13.8 Å². The number of halogens is 3. The van der Waals surface area contributed by atoms with Gasteiger partial charge in [0.1, 0.15) is 11.5 Å². The Morgan fingerprint density at radius 2 is 2.23 bits per heavy atom. The maximum atomic E-state index is 12.3. The normalized spacial score (nSPS) is 10.5. The molecule has 0 aliphatic carbocycles. The van der Waals surface area contributed by atoms with Gasteiger partial charge in [-0.3, -0.25) is 4.79 Å². The minimum absolute atomic E-state index is 0.0412. The molecule has 0 unspecified atom stereocenters. The molecule has 0 aliphatic rings. The average molecular weight is 298 g/mol. The van der Waals surface area contributed by atoms with E-state index in [0.717, 1.165) is 6.07 Å². The van der Waals surface area contributed by atoms with Crippen LogP contribution in [0.4, 0.5) is 14.6 Å². The second-order valence-electron chi connectivity index (χ2n) is 2.25. The molecule has 1 heterocycles. The van der Waals surface area contributed by atoms with Crippen molar-refractivity contribution in [3.8, 4) is 0 Å². The van der Waals surface area contributed by atoms with Crippen LogP contribution in [0.25, 0.3) is 0 Å². The van der Waals surface area contributed by atoms with Gasteiger partial charge < -0.3 is 5.73 Å². The zero-order valence-electron chi connectivity index (χ0n) is 6.30. The Bertz CT molecular complexity index is 344. The van der Waals surface area contributed by atoms with Crippen molar-refractivity contribution in [2.75, 3.05) is 5.73 Å². The van der Waals surface area contributed by atoms with Crippen molar-refractivity contribution < 1.29 is 13.6 Å². The molecule has 0 fully saturated rings. The van der Waals surface area contributed by atoms with E-state index in [1.54, 1.807) is 22.6 Å². The fourth-order valence-electron chi connectivity index (χ4n) is 0.810. The van der Waals surface area contributed by atoms with Gasteiger partial charge in [0.15, 0.2) is 6.29 Å². The monoisotopic (exact) mass is 298 g/mol. The van der Waals surface area contributed by atoms with Gasteiger partial charge in [-0.2, -0.15) is 0 Å². The molecule has 0 aliphatic heterocycles. The van der Waals surface area contributed by atoms with Crippen molar-refractivity contribution >= 4 is 34.7 Å². The number of carbonyl (C=O) groups is 1. The zero-order valence-corrected chi connectivity index (χ0v) is 8.46. The molecule has 0 spiro atoms. The lowest BCUT2D eigenvalue weighted by Crippen LogP contribution is -2.02. The first-order valence-corrected chi connectivity index (χ1v) is 4.33. The number of carbonyl (C=O) groups excluding carboxylic acids is 1. The number of nitrogens with zero attached hydrogens (tertiary/aromatic N) is 1. The lowest BCUT2D eigenvalue weighted by atomic mass is 10.2. The SMILES string of the molecule is Nc1nc(C=O)cc(C(F)F)c1I. The van der Waals surface area contributed by atoms with E-state index in [2.05, 4.69) is 4.98 Å². The molecule has 1 rings (SSSR count). The number of aldehydes is 1. The summed E-state index contributed by atoms with van der Waals surface area (Å²) in [7, 11) is 0. The van der Waals surface area contributed by atoms with Crippen LogP contribution < -0.4 is 5.73 Å². The Morgan fingerprint density at radius 3 is 2.69 bits per heavy atom. The van der Waals surface area contributed by atoms with E-state index in [-0.39, 0.29) is 20.6 Å². The van der Waals surface area contributed by atoms with Crippen LogP contribution in [0.15, 0.2) is 6.07 Å². The molecule has 0 amide bonds. The molecule has 0 radical (unpaired) electrons. The number of hydrogen-bond donors (Lipinski definition) is 1. The molecule has 13 heavy (non-hydrogen) atoms. The van der Waals surface area contributed by atoms with Gasteiger partial charge in [0, 0.05) is 5.56 Å². The maximum Gasteiger partial charge on any atom is 0.265 e. The molecule has 6 heteroatoms. The summed E-state index contributed by atoms with van der Waals surface area (Å²) in [5, 5.41) is 0. The zero-order chi connectivity index (χ0) is 10.0. The van der Waals surface area contributed by atoms with Gasteiger partial charge in [-0.1, -0.05) is 0 Å². The van der Waals surface area contributed by atoms with Crippen molar-refractivity contribution in [3.05, 3.63) is 20.9 Å². The van der Waals surface area contributed by atoms with Crippen LogP contribution in [0.2, 0.25) is 0 Å². The van der Waals surface area contributed by atoms with Crippen LogP contribution in [-0.2, 0) is 0 Å². The van der Waals surface area contributed by atoms with E-state index in [1.165, 1.54) is 0 Å². The third kappa shape index (κ3) is 2.11. The minimum atomic E-state index is -2.64. The molecule has 2 N–H and O–H groups in total. The lowest BCUT2D eigenvalue weighted by molar-refractivity contribution is 0.111. The van der Waals surface area contributed by atoms with Crippen molar-refractivity contribution in [1.82, 2.24) is 4.98 Å². The number of aromatic nitrogens is 1. The second-order valence-corrected chi connectivity index (χ2v) is 3.33. The first kappa shape index (κ1) is 10.3. The maximum absolute atomic E-state index is 12.3. The largest absolute Gasteiger partial charge is 0.383 e. The smallest absolute Gasteiger partial charge is 0.265 e. The van der Waals surface area contributed by atoms with E-state index < -0.39 is 6.43 Å². The highest BCUT2D eigenvalue weighted by molar-refractivity contribution is 14.1. The van der Waals surface area contributed by atoms with E-state index >= 15 is 0 Å². The Labute approximate surface area is 86.5 Å². The number of nitrogens with two attached hydrogens (primary N) is 1. The molecule has 3 nitrogen and oxygen atoms in total. The van der Waals surface area contributed by atoms with Crippen molar-refractivity contribution in [2.45, 2.75) is 6.43 Å². The first-order valence-electron chi connectivity index (χ1n) is 3.25. The summed E-state index contributed by atoms with van der Waals surface area (Å²) >= 11 is 1.67.